The molecule has 0 unspecified atom stereocenters. The topological polar surface area (TPSA) is 52.3 Å². The van der Waals surface area contributed by atoms with E-state index in [0.29, 0.717) is 22.4 Å². The zero-order chi connectivity index (χ0) is 13.6. The molecule has 6 heteroatoms. The van der Waals surface area contributed by atoms with Crippen LogP contribution in [-0.4, -0.2) is 25.9 Å². The summed E-state index contributed by atoms with van der Waals surface area (Å²) in [6.45, 7) is 5.78. The summed E-state index contributed by atoms with van der Waals surface area (Å²) in [6, 6.07) is 5.57. The molecule has 0 fully saturated rings. The van der Waals surface area contributed by atoms with Gasteiger partial charge in [-0.15, -0.1) is 15.3 Å². The van der Waals surface area contributed by atoms with Crippen molar-refractivity contribution in [3.63, 3.8) is 0 Å². The molecule has 0 saturated heterocycles. The van der Waals surface area contributed by atoms with Gasteiger partial charge in [-0.3, -0.25) is 0 Å². The Balaban J connectivity index is 2.42. The van der Waals surface area contributed by atoms with Gasteiger partial charge in [0.05, 0.1) is 6.10 Å². The predicted molar refractivity (Wildman–Crippen MR) is 73.8 cm³/mol. The van der Waals surface area contributed by atoms with Gasteiger partial charge in [-0.05, 0) is 39.0 Å². The SMILES string of the molecule is Cc1nnc2c3cc(Cl)ccc3c(OC(C)C)nn12. The number of fused-ring (bicyclic) bond motifs is 3. The molecule has 2 aromatic heterocycles. The molecule has 1 aromatic carbocycles. The smallest absolute Gasteiger partial charge is 0.240 e. The maximum absolute atomic E-state index is 6.07. The summed E-state index contributed by atoms with van der Waals surface area (Å²) >= 11 is 6.07. The lowest BCUT2D eigenvalue weighted by Crippen LogP contribution is -2.09. The normalized spacial score (nSPS) is 11.6. The minimum absolute atomic E-state index is 0.0422. The van der Waals surface area contributed by atoms with E-state index in [4.69, 9.17) is 16.3 Å². The molecule has 0 amide bonds. The van der Waals surface area contributed by atoms with Gasteiger partial charge >= 0.3 is 0 Å². The fourth-order valence-electron chi connectivity index (χ4n) is 1.99. The van der Waals surface area contributed by atoms with Crippen LogP contribution in [0.3, 0.4) is 0 Å². The lowest BCUT2D eigenvalue weighted by molar-refractivity contribution is 0.232. The molecule has 0 aliphatic heterocycles. The van der Waals surface area contributed by atoms with Crippen LogP contribution in [0.25, 0.3) is 16.4 Å². The minimum Gasteiger partial charge on any atom is -0.473 e. The summed E-state index contributed by atoms with van der Waals surface area (Å²) in [6.07, 6.45) is 0.0422. The first kappa shape index (κ1) is 12.2. The van der Waals surface area contributed by atoms with Gasteiger partial charge in [0, 0.05) is 15.8 Å². The highest BCUT2D eigenvalue weighted by Crippen LogP contribution is 2.29. The Bertz CT molecular complexity index is 766. The number of ether oxygens (including phenoxy) is 1. The van der Waals surface area contributed by atoms with Crippen molar-refractivity contribution in [1.82, 2.24) is 19.8 Å². The molecule has 0 aliphatic carbocycles. The van der Waals surface area contributed by atoms with Gasteiger partial charge in [0.25, 0.3) is 0 Å². The molecule has 0 saturated carbocycles. The molecule has 0 atom stereocenters. The van der Waals surface area contributed by atoms with Gasteiger partial charge in [0.15, 0.2) is 11.5 Å². The van der Waals surface area contributed by atoms with Gasteiger partial charge in [0.2, 0.25) is 5.88 Å². The maximum atomic E-state index is 6.07. The summed E-state index contributed by atoms with van der Waals surface area (Å²) in [7, 11) is 0. The molecule has 0 N–H and O–H groups in total. The quantitative estimate of drug-likeness (QED) is 0.722. The lowest BCUT2D eigenvalue weighted by Gasteiger charge is -2.12. The van der Waals surface area contributed by atoms with Crippen LogP contribution < -0.4 is 4.74 Å². The van der Waals surface area contributed by atoms with Gasteiger partial charge in [-0.1, -0.05) is 11.6 Å². The zero-order valence-corrected chi connectivity index (χ0v) is 11.6. The standard InChI is InChI=1S/C13H13ClN4O/c1-7(2)19-13-10-5-4-9(14)6-11(10)12-16-15-8(3)18(12)17-13/h4-7H,1-3H3. The van der Waals surface area contributed by atoms with Crippen LogP contribution in [0, 0.1) is 6.92 Å². The van der Waals surface area contributed by atoms with Crippen molar-refractivity contribution in [3.05, 3.63) is 29.0 Å². The third-order valence-electron chi connectivity index (χ3n) is 2.79. The van der Waals surface area contributed by atoms with E-state index in [1.165, 1.54) is 0 Å². The largest absolute Gasteiger partial charge is 0.473 e. The number of hydrogen-bond donors (Lipinski definition) is 0. The van der Waals surface area contributed by atoms with Gasteiger partial charge < -0.3 is 4.74 Å². The molecule has 0 spiro atoms. The highest BCUT2D eigenvalue weighted by Gasteiger charge is 2.14. The molecule has 0 radical (unpaired) electrons. The Labute approximate surface area is 115 Å². The van der Waals surface area contributed by atoms with E-state index in [0.717, 1.165) is 10.8 Å². The Morgan fingerprint density at radius 3 is 2.74 bits per heavy atom. The van der Waals surface area contributed by atoms with Crippen molar-refractivity contribution in [2.75, 3.05) is 0 Å². The average molecular weight is 277 g/mol. The number of aryl methyl sites for hydroxylation is 1. The number of rotatable bonds is 2. The maximum Gasteiger partial charge on any atom is 0.240 e. The van der Waals surface area contributed by atoms with Crippen molar-refractivity contribution < 1.29 is 4.74 Å². The van der Waals surface area contributed by atoms with E-state index < -0.39 is 0 Å². The van der Waals surface area contributed by atoms with Crippen LogP contribution >= 0.6 is 11.6 Å². The zero-order valence-electron chi connectivity index (χ0n) is 10.9. The van der Waals surface area contributed by atoms with Crippen LogP contribution in [0.4, 0.5) is 0 Å². The average Bonchev–Trinajstić information content (AvgIpc) is 2.70. The second-order valence-corrected chi connectivity index (χ2v) is 5.08. The second kappa shape index (κ2) is 4.35. The molecule has 3 rings (SSSR count). The van der Waals surface area contributed by atoms with E-state index in [-0.39, 0.29) is 6.10 Å². The molecular weight excluding hydrogens is 264 g/mol. The number of nitrogens with zero attached hydrogens (tertiary/aromatic N) is 4. The predicted octanol–water partition coefficient (Wildman–Crippen LogP) is 3.03. The van der Waals surface area contributed by atoms with E-state index in [2.05, 4.69) is 15.3 Å². The summed E-state index contributed by atoms with van der Waals surface area (Å²) in [5.41, 5.74) is 0.686. The van der Waals surface area contributed by atoms with E-state index in [9.17, 15) is 0 Å². The highest BCUT2D eigenvalue weighted by atomic mass is 35.5. The summed E-state index contributed by atoms with van der Waals surface area (Å²) in [4.78, 5) is 0. The Morgan fingerprint density at radius 1 is 1.21 bits per heavy atom. The lowest BCUT2D eigenvalue weighted by atomic mass is 10.2. The Morgan fingerprint density at radius 2 is 2.00 bits per heavy atom. The Kier molecular flexibility index (Phi) is 2.78. The first-order valence-electron chi connectivity index (χ1n) is 6.04. The number of benzene rings is 1. The van der Waals surface area contributed by atoms with E-state index >= 15 is 0 Å². The third-order valence-corrected chi connectivity index (χ3v) is 3.02. The van der Waals surface area contributed by atoms with Crippen LogP contribution in [0.5, 0.6) is 5.88 Å². The van der Waals surface area contributed by atoms with Crippen LogP contribution in [0.15, 0.2) is 18.2 Å². The van der Waals surface area contributed by atoms with Gasteiger partial charge in [0.1, 0.15) is 0 Å². The van der Waals surface area contributed by atoms with Crippen LogP contribution in [0.2, 0.25) is 5.02 Å². The van der Waals surface area contributed by atoms with Crippen molar-refractivity contribution >= 4 is 28.0 Å². The molecular formula is C13H13ClN4O. The van der Waals surface area contributed by atoms with Crippen molar-refractivity contribution in [2.24, 2.45) is 0 Å². The van der Waals surface area contributed by atoms with Crippen molar-refractivity contribution in [2.45, 2.75) is 26.9 Å². The Hall–Kier alpha value is -1.88. The molecule has 3 aromatic rings. The second-order valence-electron chi connectivity index (χ2n) is 4.64. The summed E-state index contributed by atoms with van der Waals surface area (Å²) in [5, 5.41) is 15.1. The number of hydrogen-bond acceptors (Lipinski definition) is 4. The molecule has 2 heterocycles. The molecule has 19 heavy (non-hydrogen) atoms. The number of aromatic nitrogens is 4. The van der Waals surface area contributed by atoms with Gasteiger partial charge in [-0.2, -0.15) is 4.52 Å². The fraction of sp³-hybridized carbons (Fsp3) is 0.308. The van der Waals surface area contributed by atoms with Crippen LogP contribution in [0.1, 0.15) is 19.7 Å². The molecule has 0 aliphatic rings. The van der Waals surface area contributed by atoms with Gasteiger partial charge in [-0.25, -0.2) is 0 Å². The molecule has 5 nitrogen and oxygen atoms in total. The van der Waals surface area contributed by atoms with Crippen LogP contribution in [-0.2, 0) is 0 Å². The van der Waals surface area contributed by atoms with Crippen molar-refractivity contribution in [3.8, 4) is 5.88 Å². The monoisotopic (exact) mass is 276 g/mol. The summed E-state index contributed by atoms with van der Waals surface area (Å²) in [5.74, 6) is 1.28. The number of halogens is 1. The first-order chi connectivity index (χ1) is 9.06. The highest BCUT2D eigenvalue weighted by molar-refractivity contribution is 6.31. The fourth-order valence-corrected chi connectivity index (χ4v) is 2.16. The van der Waals surface area contributed by atoms with E-state index in [1.807, 2.05) is 39.0 Å². The molecule has 98 valence electrons. The third kappa shape index (κ3) is 2.00. The minimum atomic E-state index is 0.0422. The van der Waals surface area contributed by atoms with Crippen molar-refractivity contribution in [1.29, 1.82) is 0 Å². The van der Waals surface area contributed by atoms with E-state index in [1.54, 1.807) is 4.52 Å². The molecule has 0 bridgehead atoms. The first-order valence-corrected chi connectivity index (χ1v) is 6.42. The summed E-state index contributed by atoms with van der Waals surface area (Å²) < 4.78 is 7.45.